The van der Waals surface area contributed by atoms with E-state index in [2.05, 4.69) is 21.9 Å². The van der Waals surface area contributed by atoms with Crippen molar-refractivity contribution in [2.75, 3.05) is 39.3 Å². The second-order valence-corrected chi connectivity index (χ2v) is 7.66. The number of hydrogen-bond acceptors (Lipinski definition) is 5. The van der Waals surface area contributed by atoms with Crippen molar-refractivity contribution >= 4 is 17.4 Å². The topological polar surface area (TPSA) is 53.0 Å². The van der Waals surface area contributed by atoms with Gasteiger partial charge in [-0.15, -0.1) is 0 Å². The number of piperazine rings is 1. The van der Waals surface area contributed by atoms with E-state index in [0.717, 1.165) is 37.7 Å². The van der Waals surface area contributed by atoms with Crippen LogP contribution in [0.1, 0.15) is 22.8 Å². The van der Waals surface area contributed by atoms with Gasteiger partial charge in [-0.1, -0.05) is 35.9 Å². The molecule has 1 N–H and O–H groups in total. The minimum Gasteiger partial charge on any atom is -0.490 e. The maximum absolute atomic E-state index is 11.6. The lowest BCUT2D eigenvalue weighted by atomic mass is 10.1. The fourth-order valence-corrected chi connectivity index (χ4v) is 3.52. The van der Waals surface area contributed by atoms with Crippen molar-refractivity contribution in [3.05, 3.63) is 64.7 Å². The van der Waals surface area contributed by atoms with E-state index in [4.69, 9.17) is 16.3 Å². The number of β-amino-alcohol motifs (C(OH)–C–C–N with tert-alkyl or cyclic N) is 1. The maximum Gasteiger partial charge on any atom is 0.163 e. The third-order valence-electron chi connectivity index (χ3n) is 4.95. The Bertz CT molecular complexity index is 774. The van der Waals surface area contributed by atoms with Crippen molar-refractivity contribution in [2.24, 2.45) is 0 Å². The molecule has 1 heterocycles. The van der Waals surface area contributed by atoms with Crippen LogP contribution in [0.15, 0.2) is 48.5 Å². The molecule has 0 radical (unpaired) electrons. The van der Waals surface area contributed by atoms with Crippen LogP contribution in [0, 0.1) is 0 Å². The van der Waals surface area contributed by atoms with Crippen molar-refractivity contribution in [2.45, 2.75) is 19.6 Å². The number of rotatable bonds is 8. The molecule has 1 aliphatic rings. The number of para-hydroxylation sites is 1. The zero-order valence-corrected chi connectivity index (χ0v) is 16.9. The number of Topliss-reactive ketones (excluding diaryl/α,β-unsaturated/α-hetero) is 1. The summed E-state index contributed by atoms with van der Waals surface area (Å²) in [5.74, 6) is 0.490. The summed E-state index contributed by atoms with van der Waals surface area (Å²) in [7, 11) is 0. The molecule has 28 heavy (non-hydrogen) atoms. The second-order valence-electron chi connectivity index (χ2n) is 7.22. The van der Waals surface area contributed by atoms with E-state index >= 15 is 0 Å². The summed E-state index contributed by atoms with van der Waals surface area (Å²) in [6.07, 6.45) is -0.595. The summed E-state index contributed by atoms with van der Waals surface area (Å²) in [6, 6.07) is 15.1. The number of ketones is 1. The number of carbonyl (C=O) groups is 1. The minimum absolute atomic E-state index is 0.0399. The monoisotopic (exact) mass is 402 g/mol. The van der Waals surface area contributed by atoms with Crippen LogP contribution in [0.5, 0.6) is 5.75 Å². The summed E-state index contributed by atoms with van der Waals surface area (Å²) in [4.78, 5) is 16.3. The third-order valence-corrected chi connectivity index (χ3v) is 5.20. The van der Waals surface area contributed by atoms with Crippen LogP contribution in [0.3, 0.4) is 0 Å². The standard InChI is InChI=1S/C22H27ClN2O3/c1-17(26)21-4-2-3-5-22(21)28-16-20(27)15-25-12-10-24(11-13-25)14-18-6-8-19(23)9-7-18/h2-9,20,27H,10-16H2,1H3/t20-/m0/s1. The van der Waals surface area contributed by atoms with Crippen molar-refractivity contribution in [3.8, 4) is 5.75 Å². The van der Waals surface area contributed by atoms with Crippen molar-refractivity contribution in [1.82, 2.24) is 9.80 Å². The Morgan fingerprint density at radius 3 is 2.39 bits per heavy atom. The largest absolute Gasteiger partial charge is 0.490 e. The van der Waals surface area contributed by atoms with Crippen LogP contribution in [-0.4, -0.2) is 66.1 Å². The summed E-state index contributed by atoms with van der Waals surface area (Å²) in [5, 5.41) is 11.1. The predicted octanol–water partition coefficient (Wildman–Crippen LogP) is 3.10. The number of halogens is 1. The highest BCUT2D eigenvalue weighted by Gasteiger charge is 2.20. The first-order valence-electron chi connectivity index (χ1n) is 9.61. The van der Waals surface area contributed by atoms with Gasteiger partial charge in [-0.2, -0.15) is 0 Å². The molecule has 0 amide bonds. The molecule has 0 saturated carbocycles. The number of hydrogen-bond donors (Lipinski definition) is 1. The van der Waals surface area contributed by atoms with Gasteiger partial charge in [0.2, 0.25) is 0 Å². The predicted molar refractivity (Wildman–Crippen MR) is 111 cm³/mol. The van der Waals surface area contributed by atoms with Gasteiger partial charge in [0.05, 0.1) is 5.56 Å². The van der Waals surface area contributed by atoms with E-state index in [1.54, 1.807) is 12.1 Å². The third kappa shape index (κ3) is 6.04. The average molecular weight is 403 g/mol. The number of aliphatic hydroxyl groups excluding tert-OH is 1. The molecule has 1 fully saturated rings. The molecule has 0 bridgehead atoms. The van der Waals surface area contributed by atoms with Gasteiger partial charge in [0, 0.05) is 44.3 Å². The van der Waals surface area contributed by atoms with Crippen molar-refractivity contribution in [3.63, 3.8) is 0 Å². The molecule has 6 heteroatoms. The Morgan fingerprint density at radius 1 is 1.07 bits per heavy atom. The first-order valence-corrected chi connectivity index (χ1v) is 9.99. The van der Waals surface area contributed by atoms with E-state index in [1.165, 1.54) is 12.5 Å². The Balaban J connectivity index is 1.41. The van der Waals surface area contributed by atoms with Gasteiger partial charge in [-0.25, -0.2) is 0 Å². The van der Waals surface area contributed by atoms with E-state index in [9.17, 15) is 9.90 Å². The maximum atomic E-state index is 11.6. The van der Waals surface area contributed by atoms with Crippen LogP contribution in [-0.2, 0) is 6.54 Å². The Morgan fingerprint density at radius 2 is 1.71 bits per heavy atom. The normalized spacial score (nSPS) is 16.7. The molecule has 1 saturated heterocycles. The lowest BCUT2D eigenvalue weighted by Crippen LogP contribution is -2.48. The number of benzene rings is 2. The molecule has 2 aromatic carbocycles. The summed E-state index contributed by atoms with van der Waals surface area (Å²) in [6.45, 7) is 6.92. The SMILES string of the molecule is CC(=O)c1ccccc1OC[C@@H](O)CN1CCN(Cc2ccc(Cl)cc2)CC1. The van der Waals surface area contributed by atoms with E-state index in [-0.39, 0.29) is 12.4 Å². The Hall–Kier alpha value is -1.92. The first-order chi connectivity index (χ1) is 13.5. The van der Waals surface area contributed by atoms with Crippen LogP contribution < -0.4 is 4.74 Å². The average Bonchev–Trinajstić information content (AvgIpc) is 2.70. The summed E-state index contributed by atoms with van der Waals surface area (Å²) < 4.78 is 5.69. The van der Waals surface area contributed by atoms with E-state index in [1.807, 2.05) is 24.3 Å². The molecule has 5 nitrogen and oxygen atoms in total. The summed E-state index contributed by atoms with van der Waals surface area (Å²) >= 11 is 5.94. The van der Waals surface area contributed by atoms with Crippen LogP contribution in [0.4, 0.5) is 0 Å². The number of carbonyl (C=O) groups excluding carboxylic acids is 1. The molecule has 150 valence electrons. The molecule has 2 aromatic rings. The Labute approximate surface area is 171 Å². The number of nitrogens with zero attached hydrogens (tertiary/aromatic N) is 2. The van der Waals surface area contributed by atoms with Crippen LogP contribution >= 0.6 is 11.6 Å². The molecular formula is C22H27ClN2O3. The van der Waals surface area contributed by atoms with Gasteiger partial charge in [0.1, 0.15) is 18.5 Å². The molecule has 3 rings (SSSR count). The first kappa shape index (κ1) is 20.8. The molecule has 1 aliphatic heterocycles. The van der Waals surface area contributed by atoms with E-state index < -0.39 is 6.10 Å². The molecule has 0 spiro atoms. The highest BCUT2D eigenvalue weighted by atomic mass is 35.5. The second kappa shape index (κ2) is 10.0. The fourth-order valence-electron chi connectivity index (χ4n) is 3.40. The van der Waals surface area contributed by atoms with E-state index in [0.29, 0.717) is 17.9 Å². The zero-order valence-electron chi connectivity index (χ0n) is 16.2. The lowest BCUT2D eigenvalue weighted by molar-refractivity contribution is 0.0443. The quantitative estimate of drug-likeness (QED) is 0.687. The van der Waals surface area contributed by atoms with Crippen molar-refractivity contribution in [1.29, 1.82) is 0 Å². The smallest absolute Gasteiger partial charge is 0.163 e. The van der Waals surface area contributed by atoms with Gasteiger partial charge in [0.25, 0.3) is 0 Å². The fraction of sp³-hybridized carbons (Fsp3) is 0.409. The number of ether oxygens (including phenoxy) is 1. The molecule has 0 aromatic heterocycles. The van der Waals surface area contributed by atoms with Gasteiger partial charge in [-0.05, 0) is 36.8 Å². The minimum atomic E-state index is -0.595. The van der Waals surface area contributed by atoms with Crippen LogP contribution in [0.25, 0.3) is 0 Å². The van der Waals surface area contributed by atoms with Crippen molar-refractivity contribution < 1.29 is 14.6 Å². The van der Waals surface area contributed by atoms with Gasteiger partial charge in [-0.3, -0.25) is 14.6 Å². The summed E-state index contributed by atoms with van der Waals surface area (Å²) in [5.41, 5.74) is 1.81. The van der Waals surface area contributed by atoms with Gasteiger partial charge < -0.3 is 9.84 Å². The lowest BCUT2D eigenvalue weighted by Gasteiger charge is -2.35. The molecule has 1 atom stereocenters. The van der Waals surface area contributed by atoms with Gasteiger partial charge >= 0.3 is 0 Å². The van der Waals surface area contributed by atoms with Crippen LogP contribution in [0.2, 0.25) is 5.02 Å². The highest BCUT2D eigenvalue weighted by molar-refractivity contribution is 6.30. The molecule has 0 aliphatic carbocycles. The number of aliphatic hydroxyl groups is 1. The molecular weight excluding hydrogens is 376 g/mol. The highest BCUT2D eigenvalue weighted by Crippen LogP contribution is 2.19. The van der Waals surface area contributed by atoms with Gasteiger partial charge in [0.15, 0.2) is 5.78 Å². The zero-order chi connectivity index (χ0) is 19.9. The Kier molecular flexibility index (Phi) is 7.45. The molecule has 0 unspecified atom stereocenters.